The number of pyridine rings is 2. The van der Waals surface area contributed by atoms with E-state index in [1.54, 1.807) is 6.07 Å². The van der Waals surface area contributed by atoms with Gasteiger partial charge in [0.1, 0.15) is 15.9 Å². The monoisotopic (exact) mass is 398 g/mol. The van der Waals surface area contributed by atoms with Crippen LogP contribution in [0.1, 0.15) is 20.7 Å². The number of anilines is 1. The summed E-state index contributed by atoms with van der Waals surface area (Å²) in [5.41, 5.74) is -0.00110. The van der Waals surface area contributed by atoms with Gasteiger partial charge in [-0.25, -0.2) is 13.2 Å². The summed E-state index contributed by atoms with van der Waals surface area (Å²) in [7, 11) is -4.89. The standard InChI is InChI=1S/C18H13N3O6S/c22-17(12-3-1-7-19-10-12)21-15-9-14(5-6-16(15)28(24,25)26)27-18(23)13-4-2-8-20-11-13/h1-11H,(H,21,22)(H,24,25,26)/p-1. The van der Waals surface area contributed by atoms with Crippen molar-refractivity contribution in [3.05, 3.63) is 78.4 Å². The van der Waals surface area contributed by atoms with Gasteiger partial charge in [0.15, 0.2) is 0 Å². The van der Waals surface area contributed by atoms with Crippen molar-refractivity contribution >= 4 is 27.7 Å². The zero-order valence-corrected chi connectivity index (χ0v) is 14.9. The SMILES string of the molecule is O=C(Nc1cc(OC(=O)c2cccnc2)ccc1S(=O)(=O)[O-])c1cccnc1. The van der Waals surface area contributed by atoms with Crippen LogP contribution in [0.4, 0.5) is 5.69 Å². The van der Waals surface area contributed by atoms with Gasteiger partial charge in [0, 0.05) is 30.9 Å². The van der Waals surface area contributed by atoms with E-state index >= 15 is 0 Å². The lowest BCUT2D eigenvalue weighted by Crippen LogP contribution is -2.15. The fourth-order valence-electron chi connectivity index (χ4n) is 2.23. The number of nitrogens with zero attached hydrogens (tertiary/aromatic N) is 2. The molecule has 0 aliphatic heterocycles. The number of nitrogens with one attached hydrogen (secondary N) is 1. The van der Waals surface area contributed by atoms with Gasteiger partial charge in [0.2, 0.25) is 0 Å². The van der Waals surface area contributed by atoms with Gasteiger partial charge in [-0.1, -0.05) is 0 Å². The Kier molecular flexibility index (Phi) is 5.43. The van der Waals surface area contributed by atoms with Crippen molar-refractivity contribution < 1.29 is 27.3 Å². The van der Waals surface area contributed by atoms with Crippen molar-refractivity contribution in [3.8, 4) is 5.75 Å². The van der Waals surface area contributed by atoms with Crippen LogP contribution in [0.15, 0.2) is 72.1 Å². The minimum absolute atomic E-state index is 0.0669. The molecular weight excluding hydrogens is 386 g/mol. The fraction of sp³-hybridized carbons (Fsp3) is 0. The van der Waals surface area contributed by atoms with Gasteiger partial charge in [-0.15, -0.1) is 0 Å². The largest absolute Gasteiger partial charge is 0.744 e. The van der Waals surface area contributed by atoms with Crippen molar-refractivity contribution in [2.24, 2.45) is 0 Å². The normalized spacial score (nSPS) is 10.9. The van der Waals surface area contributed by atoms with E-state index in [0.717, 1.165) is 18.2 Å². The highest BCUT2D eigenvalue weighted by atomic mass is 32.2. The molecule has 0 bridgehead atoms. The number of hydrogen-bond acceptors (Lipinski definition) is 8. The second kappa shape index (κ2) is 7.94. The van der Waals surface area contributed by atoms with Crippen molar-refractivity contribution in [1.82, 2.24) is 9.97 Å². The van der Waals surface area contributed by atoms with Crippen LogP contribution in [0.5, 0.6) is 5.75 Å². The van der Waals surface area contributed by atoms with E-state index in [1.807, 2.05) is 0 Å². The predicted octanol–water partition coefficient (Wildman–Crippen LogP) is 1.85. The number of benzene rings is 1. The first-order chi connectivity index (χ1) is 13.3. The summed E-state index contributed by atoms with van der Waals surface area (Å²) in [5.74, 6) is -1.49. The lowest BCUT2D eigenvalue weighted by molar-refractivity contribution is 0.0734. The van der Waals surface area contributed by atoms with Gasteiger partial charge < -0.3 is 14.6 Å². The summed E-state index contributed by atoms with van der Waals surface area (Å²) in [6.45, 7) is 0. The summed E-state index contributed by atoms with van der Waals surface area (Å²) in [6.07, 6.45) is 5.51. The van der Waals surface area contributed by atoms with Crippen LogP contribution in [0.2, 0.25) is 0 Å². The molecule has 3 rings (SSSR count). The Hall–Kier alpha value is -3.63. The number of aromatic nitrogens is 2. The summed E-state index contributed by atoms with van der Waals surface area (Å²) >= 11 is 0. The first-order valence-corrected chi connectivity index (χ1v) is 9.19. The van der Waals surface area contributed by atoms with Crippen molar-refractivity contribution in [3.63, 3.8) is 0 Å². The third-order valence-corrected chi connectivity index (χ3v) is 4.39. The van der Waals surface area contributed by atoms with Crippen molar-refractivity contribution in [2.75, 3.05) is 5.32 Å². The van der Waals surface area contributed by atoms with Crippen LogP contribution in [0, 0.1) is 0 Å². The maximum absolute atomic E-state index is 12.3. The molecule has 1 aromatic carbocycles. The van der Waals surface area contributed by atoms with E-state index in [1.165, 1.54) is 43.0 Å². The molecule has 9 nitrogen and oxygen atoms in total. The summed E-state index contributed by atoms with van der Waals surface area (Å²) < 4.78 is 39.6. The molecule has 0 radical (unpaired) electrons. The molecule has 0 spiro atoms. The fourth-order valence-corrected chi connectivity index (χ4v) is 2.84. The average molecular weight is 398 g/mol. The van der Waals surface area contributed by atoms with Crippen LogP contribution >= 0.6 is 0 Å². The zero-order chi connectivity index (χ0) is 20.1. The van der Waals surface area contributed by atoms with Crippen molar-refractivity contribution in [1.29, 1.82) is 0 Å². The van der Waals surface area contributed by atoms with E-state index in [-0.39, 0.29) is 22.6 Å². The maximum Gasteiger partial charge on any atom is 0.345 e. The Morgan fingerprint density at radius 2 is 1.61 bits per heavy atom. The number of ether oxygens (including phenoxy) is 1. The molecule has 0 fully saturated rings. The molecule has 0 aliphatic carbocycles. The Balaban J connectivity index is 1.91. The van der Waals surface area contributed by atoms with Gasteiger partial charge in [0.05, 0.1) is 21.7 Å². The highest BCUT2D eigenvalue weighted by molar-refractivity contribution is 7.86. The molecule has 0 aliphatic rings. The lowest BCUT2D eigenvalue weighted by Gasteiger charge is -2.15. The van der Waals surface area contributed by atoms with E-state index in [4.69, 9.17) is 4.74 Å². The summed E-state index contributed by atoms with van der Waals surface area (Å²) in [6, 6.07) is 9.17. The van der Waals surface area contributed by atoms with Crippen LogP contribution in [0.3, 0.4) is 0 Å². The van der Waals surface area contributed by atoms with Gasteiger partial charge in [-0.05, 0) is 36.4 Å². The van der Waals surface area contributed by atoms with Crippen LogP contribution in [-0.2, 0) is 10.1 Å². The quantitative estimate of drug-likeness (QED) is 0.390. The predicted molar refractivity (Wildman–Crippen MR) is 95.8 cm³/mol. The molecule has 1 N–H and O–H groups in total. The molecule has 2 heterocycles. The highest BCUT2D eigenvalue weighted by Gasteiger charge is 2.16. The van der Waals surface area contributed by atoms with E-state index in [2.05, 4.69) is 15.3 Å². The van der Waals surface area contributed by atoms with Gasteiger partial charge in [-0.3, -0.25) is 14.8 Å². The number of amides is 1. The maximum atomic E-state index is 12.3. The number of carbonyl (C=O) groups excluding carboxylic acids is 2. The van der Waals surface area contributed by atoms with Gasteiger partial charge in [-0.2, -0.15) is 0 Å². The van der Waals surface area contributed by atoms with Crippen LogP contribution < -0.4 is 10.1 Å². The first-order valence-electron chi connectivity index (χ1n) is 7.78. The molecule has 0 saturated carbocycles. The van der Waals surface area contributed by atoms with Gasteiger partial charge in [0.25, 0.3) is 5.91 Å². The number of hydrogen-bond donors (Lipinski definition) is 1. The summed E-state index contributed by atoms with van der Waals surface area (Å²) in [5, 5.41) is 2.33. The van der Waals surface area contributed by atoms with E-state index < -0.39 is 26.9 Å². The molecule has 10 heteroatoms. The topological polar surface area (TPSA) is 138 Å². The molecule has 2 aromatic heterocycles. The third-order valence-electron chi connectivity index (χ3n) is 3.50. The Bertz CT molecular complexity index is 1120. The second-order valence-electron chi connectivity index (χ2n) is 5.44. The van der Waals surface area contributed by atoms with Gasteiger partial charge >= 0.3 is 5.97 Å². The zero-order valence-electron chi connectivity index (χ0n) is 14.1. The van der Waals surface area contributed by atoms with E-state index in [9.17, 15) is 22.6 Å². The molecule has 142 valence electrons. The second-order valence-corrected chi connectivity index (χ2v) is 6.79. The Morgan fingerprint density at radius 3 is 2.18 bits per heavy atom. The number of esters is 1. The number of carbonyl (C=O) groups is 2. The molecular formula is C18H12N3O6S-. The molecule has 3 aromatic rings. The highest BCUT2D eigenvalue weighted by Crippen LogP contribution is 2.27. The third kappa shape index (κ3) is 4.55. The van der Waals surface area contributed by atoms with Crippen molar-refractivity contribution in [2.45, 2.75) is 4.90 Å². The Morgan fingerprint density at radius 1 is 0.964 bits per heavy atom. The molecule has 0 saturated heterocycles. The van der Waals surface area contributed by atoms with Crippen LogP contribution in [-0.4, -0.2) is 34.8 Å². The summed E-state index contributed by atoms with van der Waals surface area (Å²) in [4.78, 5) is 31.3. The molecule has 0 atom stereocenters. The lowest BCUT2D eigenvalue weighted by atomic mass is 10.2. The smallest absolute Gasteiger partial charge is 0.345 e. The molecule has 0 unspecified atom stereocenters. The Labute approximate surface area is 159 Å². The molecule has 28 heavy (non-hydrogen) atoms. The van der Waals surface area contributed by atoms with E-state index in [0.29, 0.717) is 0 Å². The molecule has 1 amide bonds. The number of rotatable bonds is 5. The average Bonchev–Trinajstić information content (AvgIpc) is 2.68. The minimum Gasteiger partial charge on any atom is -0.744 e. The minimum atomic E-state index is -4.89. The first kappa shape index (κ1) is 19.1. The van der Waals surface area contributed by atoms with Crippen LogP contribution in [0.25, 0.3) is 0 Å².